The molecule has 3 fully saturated rings. The van der Waals surface area contributed by atoms with Crippen LogP contribution in [0.15, 0.2) is 53.1 Å². The second-order valence-electron chi connectivity index (χ2n) is 10.1. The van der Waals surface area contributed by atoms with E-state index in [0.29, 0.717) is 44.9 Å². The number of carbonyl (C=O) groups is 1. The summed E-state index contributed by atoms with van der Waals surface area (Å²) in [5.74, 6) is 1.95. The van der Waals surface area contributed by atoms with Gasteiger partial charge in [-0.05, 0) is 60.9 Å². The van der Waals surface area contributed by atoms with E-state index in [9.17, 15) is 4.79 Å². The molecule has 1 N–H and O–H groups in total. The van der Waals surface area contributed by atoms with Gasteiger partial charge in [-0.25, -0.2) is 4.79 Å². The Kier molecular flexibility index (Phi) is 5.27. The van der Waals surface area contributed by atoms with Crippen LogP contribution < -0.4 is 4.90 Å². The van der Waals surface area contributed by atoms with Crippen molar-refractivity contribution in [3.05, 3.63) is 75.6 Å². The van der Waals surface area contributed by atoms with Crippen LogP contribution in [0.5, 0.6) is 0 Å². The lowest BCUT2D eigenvalue weighted by atomic mass is 10.0. The summed E-state index contributed by atoms with van der Waals surface area (Å²) in [5, 5.41) is 23.4. The predicted octanol–water partition coefficient (Wildman–Crippen LogP) is 6.56. The van der Waals surface area contributed by atoms with E-state index in [1.807, 2.05) is 36.4 Å². The van der Waals surface area contributed by atoms with Crippen molar-refractivity contribution >= 4 is 51.8 Å². The first-order valence-electron chi connectivity index (χ1n) is 12.4. The number of benzene rings is 2. The van der Waals surface area contributed by atoms with Gasteiger partial charge >= 0.3 is 5.97 Å². The average molecular weight is 533 g/mol. The molecule has 186 valence electrons. The second-order valence-corrected chi connectivity index (χ2v) is 10.9. The molecular formula is C28H22Cl2N4O3. The van der Waals surface area contributed by atoms with Gasteiger partial charge in [0.15, 0.2) is 5.69 Å². The van der Waals surface area contributed by atoms with Gasteiger partial charge in [0.1, 0.15) is 11.5 Å². The fraction of sp³-hybridized carbons (Fsp3) is 0.286. The molecule has 7 rings (SSSR count). The van der Waals surface area contributed by atoms with Gasteiger partial charge in [0.25, 0.3) is 0 Å². The van der Waals surface area contributed by atoms with Gasteiger partial charge < -0.3 is 14.5 Å². The highest BCUT2D eigenvalue weighted by Gasteiger charge is 2.54. The molecule has 1 aliphatic heterocycles. The second kappa shape index (κ2) is 8.57. The third kappa shape index (κ3) is 3.97. The topological polar surface area (TPSA) is 92.3 Å². The molecule has 37 heavy (non-hydrogen) atoms. The number of anilines is 1. The maximum Gasteiger partial charge on any atom is 0.356 e. The van der Waals surface area contributed by atoms with Crippen molar-refractivity contribution in [3.8, 4) is 11.3 Å². The lowest BCUT2D eigenvalue weighted by molar-refractivity contribution is 0.0689. The number of hydrogen-bond acceptors (Lipinski definition) is 6. The Morgan fingerprint density at radius 1 is 1.05 bits per heavy atom. The number of carboxylic acid groups (broad SMARTS) is 1. The van der Waals surface area contributed by atoms with E-state index >= 15 is 0 Å². The van der Waals surface area contributed by atoms with E-state index < -0.39 is 5.97 Å². The summed E-state index contributed by atoms with van der Waals surface area (Å²) in [6, 6.07) is 13.0. The Bertz CT molecular complexity index is 1560. The molecule has 2 aromatic carbocycles. The largest absolute Gasteiger partial charge is 0.476 e. The standard InChI is InChI=1S/C28H22Cl2N4O3/c29-21-2-1-3-22(30)25(21)26-18(27(37-33-26)14-4-5-14)9-8-17-19-12-34(13-20(17)19)16-7-6-15-10-24(28(35)36)32-31-23(15)11-16/h1-3,6-11,14,17,19-20H,4-5,12-13H2,(H,35,36). The molecule has 1 saturated heterocycles. The third-order valence-corrected chi connectivity index (χ3v) is 8.43. The van der Waals surface area contributed by atoms with Crippen LogP contribution in [0.25, 0.3) is 28.2 Å². The fourth-order valence-electron chi connectivity index (χ4n) is 5.62. The third-order valence-electron chi connectivity index (χ3n) is 7.80. The number of nitrogens with zero attached hydrogens (tertiary/aromatic N) is 4. The van der Waals surface area contributed by atoms with E-state index in [-0.39, 0.29) is 5.69 Å². The summed E-state index contributed by atoms with van der Waals surface area (Å²) in [6.45, 7) is 1.93. The molecule has 0 amide bonds. The summed E-state index contributed by atoms with van der Waals surface area (Å²) in [4.78, 5) is 13.5. The first-order chi connectivity index (χ1) is 18.0. The van der Waals surface area contributed by atoms with Crippen LogP contribution in [0.3, 0.4) is 0 Å². The van der Waals surface area contributed by atoms with Gasteiger partial charge in [-0.15, -0.1) is 10.2 Å². The molecule has 2 atom stereocenters. The number of halogens is 2. The van der Waals surface area contributed by atoms with Crippen molar-refractivity contribution < 1.29 is 14.4 Å². The van der Waals surface area contributed by atoms with E-state index in [2.05, 4.69) is 32.4 Å². The Morgan fingerprint density at radius 2 is 1.81 bits per heavy atom. The molecule has 4 aromatic rings. The van der Waals surface area contributed by atoms with Crippen molar-refractivity contribution in [1.82, 2.24) is 15.4 Å². The molecule has 2 unspecified atom stereocenters. The van der Waals surface area contributed by atoms with Crippen LogP contribution in [0.1, 0.15) is 40.6 Å². The zero-order valence-corrected chi connectivity index (χ0v) is 21.2. The van der Waals surface area contributed by atoms with Gasteiger partial charge in [-0.3, -0.25) is 0 Å². The van der Waals surface area contributed by atoms with Gasteiger partial charge in [0, 0.05) is 41.2 Å². The lowest BCUT2D eigenvalue weighted by Gasteiger charge is -2.21. The number of rotatable bonds is 6. The molecule has 7 nitrogen and oxygen atoms in total. The van der Waals surface area contributed by atoms with E-state index in [0.717, 1.165) is 53.9 Å². The number of hydrogen-bond donors (Lipinski definition) is 1. The minimum Gasteiger partial charge on any atom is -0.476 e. The monoisotopic (exact) mass is 532 g/mol. The summed E-state index contributed by atoms with van der Waals surface area (Å²) in [5.41, 5.74) is 4.17. The maximum absolute atomic E-state index is 11.2. The first kappa shape index (κ1) is 22.8. The summed E-state index contributed by atoms with van der Waals surface area (Å²) in [6.07, 6.45) is 6.70. The normalized spacial score (nSPS) is 22.6. The number of carboxylic acids is 1. The Morgan fingerprint density at radius 3 is 2.51 bits per heavy atom. The van der Waals surface area contributed by atoms with E-state index in [1.165, 1.54) is 0 Å². The number of aromatic nitrogens is 3. The molecule has 3 aliphatic rings. The van der Waals surface area contributed by atoms with Gasteiger partial charge in [-0.2, -0.15) is 0 Å². The molecule has 2 aliphatic carbocycles. The molecule has 2 saturated carbocycles. The highest BCUT2D eigenvalue weighted by Crippen LogP contribution is 2.54. The molecule has 9 heteroatoms. The number of fused-ring (bicyclic) bond motifs is 2. The molecule has 0 spiro atoms. The van der Waals surface area contributed by atoms with Crippen molar-refractivity contribution in [2.24, 2.45) is 17.8 Å². The van der Waals surface area contributed by atoms with Crippen LogP contribution in [0.2, 0.25) is 10.0 Å². The molecular weight excluding hydrogens is 511 g/mol. The van der Waals surface area contributed by atoms with Gasteiger partial charge in [0.05, 0.1) is 15.6 Å². The summed E-state index contributed by atoms with van der Waals surface area (Å²) < 4.78 is 5.79. The quantitative estimate of drug-likeness (QED) is 0.300. The summed E-state index contributed by atoms with van der Waals surface area (Å²) >= 11 is 13.0. The molecule has 2 aromatic heterocycles. The SMILES string of the molecule is O=C(O)c1cc2ccc(N3CC4C(C=Cc5c(-c6c(Cl)cccc6Cl)noc5C5CC5)C4C3)cc2nn1. The Balaban J connectivity index is 1.09. The number of piperidine rings is 1. The van der Waals surface area contributed by atoms with Crippen molar-refractivity contribution in [2.75, 3.05) is 18.0 Å². The highest BCUT2D eigenvalue weighted by molar-refractivity contribution is 6.39. The van der Waals surface area contributed by atoms with Crippen LogP contribution in [0, 0.1) is 17.8 Å². The fourth-order valence-corrected chi connectivity index (χ4v) is 6.19. The summed E-state index contributed by atoms with van der Waals surface area (Å²) in [7, 11) is 0. The van der Waals surface area contributed by atoms with Crippen LogP contribution in [0.4, 0.5) is 5.69 Å². The average Bonchev–Trinajstić information content (AvgIpc) is 3.75. The lowest BCUT2D eigenvalue weighted by Crippen LogP contribution is -2.23. The van der Waals surface area contributed by atoms with Crippen LogP contribution in [-0.4, -0.2) is 39.5 Å². The smallest absolute Gasteiger partial charge is 0.356 e. The minimum absolute atomic E-state index is 0.0464. The Hall–Kier alpha value is -3.42. The molecule has 0 bridgehead atoms. The first-order valence-corrected chi connectivity index (χ1v) is 13.1. The predicted molar refractivity (Wildman–Crippen MR) is 142 cm³/mol. The van der Waals surface area contributed by atoms with Gasteiger partial charge in [0.2, 0.25) is 0 Å². The number of allylic oxidation sites excluding steroid dienone is 1. The molecule has 0 radical (unpaired) electrons. The van der Waals surface area contributed by atoms with Crippen molar-refractivity contribution in [1.29, 1.82) is 0 Å². The zero-order valence-electron chi connectivity index (χ0n) is 19.6. The maximum atomic E-state index is 11.2. The minimum atomic E-state index is -1.07. The molecule has 3 heterocycles. The van der Waals surface area contributed by atoms with Crippen LogP contribution >= 0.6 is 23.2 Å². The van der Waals surface area contributed by atoms with E-state index in [4.69, 9.17) is 32.8 Å². The van der Waals surface area contributed by atoms with Crippen LogP contribution in [-0.2, 0) is 0 Å². The number of aromatic carboxylic acids is 1. The van der Waals surface area contributed by atoms with Crippen molar-refractivity contribution in [3.63, 3.8) is 0 Å². The van der Waals surface area contributed by atoms with Gasteiger partial charge in [-0.1, -0.05) is 52.6 Å². The zero-order chi connectivity index (χ0) is 25.3. The Labute approximate surface area is 222 Å². The highest BCUT2D eigenvalue weighted by atomic mass is 35.5. The van der Waals surface area contributed by atoms with E-state index in [1.54, 1.807) is 6.07 Å². The van der Waals surface area contributed by atoms with Crippen molar-refractivity contribution in [2.45, 2.75) is 18.8 Å².